The quantitative estimate of drug-likeness (QED) is 0.696. The minimum Gasteiger partial charge on any atom is -0.377 e. The van der Waals surface area contributed by atoms with Gasteiger partial charge in [0.1, 0.15) is 0 Å². The lowest BCUT2D eigenvalue weighted by molar-refractivity contribution is 0.117. The molecule has 0 aliphatic rings. The van der Waals surface area contributed by atoms with Gasteiger partial charge in [0.15, 0.2) is 0 Å². The van der Waals surface area contributed by atoms with Gasteiger partial charge in [0, 0.05) is 18.2 Å². The Kier molecular flexibility index (Phi) is 5.20. The average Bonchev–Trinajstić information content (AvgIpc) is 2.88. The van der Waals surface area contributed by atoms with Crippen molar-refractivity contribution < 1.29 is 4.74 Å². The molecule has 0 saturated carbocycles. The Labute approximate surface area is 106 Å². The minimum atomic E-state index is 0.720. The molecule has 2 nitrogen and oxygen atoms in total. The van der Waals surface area contributed by atoms with Gasteiger partial charge in [-0.1, -0.05) is 30.3 Å². The summed E-state index contributed by atoms with van der Waals surface area (Å²) < 4.78 is 5.62. The Morgan fingerprint density at radius 2 is 2.00 bits per heavy atom. The molecule has 90 valence electrons. The van der Waals surface area contributed by atoms with Crippen LogP contribution in [0.5, 0.6) is 0 Å². The van der Waals surface area contributed by atoms with Crippen LogP contribution in [0.4, 0.5) is 0 Å². The standard InChI is InChI=1S/C14H17NOS/c1-2-6-13(7-3-1)12-16-10-5-4-8-14-15-9-11-17-14/h1-3,6-7,9,11H,4-5,8,10,12H2. The number of thiazole rings is 1. The molecule has 1 heterocycles. The van der Waals surface area contributed by atoms with E-state index < -0.39 is 0 Å². The summed E-state index contributed by atoms with van der Waals surface area (Å²) in [7, 11) is 0. The first-order valence-electron chi connectivity index (χ1n) is 5.95. The Hall–Kier alpha value is -1.19. The number of ether oxygens (including phenoxy) is 1. The fourth-order valence-electron chi connectivity index (χ4n) is 1.62. The van der Waals surface area contributed by atoms with E-state index in [9.17, 15) is 0 Å². The van der Waals surface area contributed by atoms with Crippen molar-refractivity contribution in [1.29, 1.82) is 0 Å². The molecule has 0 aliphatic carbocycles. The van der Waals surface area contributed by atoms with Crippen LogP contribution in [0.1, 0.15) is 23.4 Å². The molecular weight excluding hydrogens is 230 g/mol. The molecule has 0 radical (unpaired) electrons. The third-order valence-electron chi connectivity index (χ3n) is 2.52. The number of nitrogens with zero attached hydrogens (tertiary/aromatic N) is 1. The number of aromatic nitrogens is 1. The summed E-state index contributed by atoms with van der Waals surface area (Å²) in [6, 6.07) is 10.3. The fourth-order valence-corrected chi connectivity index (χ4v) is 2.28. The molecular formula is C14H17NOS. The highest BCUT2D eigenvalue weighted by Crippen LogP contribution is 2.08. The van der Waals surface area contributed by atoms with Crippen LogP contribution in [-0.4, -0.2) is 11.6 Å². The van der Waals surface area contributed by atoms with E-state index >= 15 is 0 Å². The summed E-state index contributed by atoms with van der Waals surface area (Å²) in [6.45, 7) is 1.55. The van der Waals surface area contributed by atoms with Crippen LogP contribution >= 0.6 is 11.3 Å². The van der Waals surface area contributed by atoms with Crippen LogP contribution in [0.25, 0.3) is 0 Å². The maximum atomic E-state index is 5.62. The minimum absolute atomic E-state index is 0.720. The molecule has 0 unspecified atom stereocenters. The van der Waals surface area contributed by atoms with Crippen molar-refractivity contribution in [3.63, 3.8) is 0 Å². The average molecular weight is 247 g/mol. The van der Waals surface area contributed by atoms with Gasteiger partial charge in [0.2, 0.25) is 0 Å². The summed E-state index contributed by atoms with van der Waals surface area (Å²) in [4.78, 5) is 4.26. The normalized spacial score (nSPS) is 10.6. The Morgan fingerprint density at radius 1 is 1.12 bits per heavy atom. The SMILES string of the molecule is c1ccc(COCCCCc2nccs2)cc1. The van der Waals surface area contributed by atoms with Crippen molar-refractivity contribution in [3.05, 3.63) is 52.5 Å². The van der Waals surface area contributed by atoms with Gasteiger partial charge >= 0.3 is 0 Å². The summed E-state index contributed by atoms with van der Waals surface area (Å²) in [5, 5.41) is 3.26. The van der Waals surface area contributed by atoms with E-state index in [1.165, 1.54) is 10.6 Å². The lowest BCUT2D eigenvalue weighted by atomic mass is 10.2. The fraction of sp³-hybridized carbons (Fsp3) is 0.357. The van der Waals surface area contributed by atoms with Crippen LogP contribution < -0.4 is 0 Å². The molecule has 0 bridgehead atoms. The maximum absolute atomic E-state index is 5.62. The van der Waals surface area contributed by atoms with E-state index in [4.69, 9.17) is 4.74 Å². The lowest BCUT2D eigenvalue weighted by Crippen LogP contribution is -1.96. The van der Waals surface area contributed by atoms with Crippen LogP contribution in [0, 0.1) is 0 Å². The number of hydrogen-bond donors (Lipinski definition) is 0. The van der Waals surface area contributed by atoms with Gasteiger partial charge in [-0.3, -0.25) is 0 Å². The van der Waals surface area contributed by atoms with Crippen molar-refractivity contribution >= 4 is 11.3 Å². The van der Waals surface area contributed by atoms with E-state index in [-0.39, 0.29) is 0 Å². The first kappa shape index (κ1) is 12.3. The van der Waals surface area contributed by atoms with Crippen molar-refractivity contribution in [2.75, 3.05) is 6.61 Å². The summed E-state index contributed by atoms with van der Waals surface area (Å²) in [5.74, 6) is 0. The molecule has 1 aromatic heterocycles. The molecule has 2 aromatic rings. The summed E-state index contributed by atoms with van der Waals surface area (Å²) >= 11 is 1.73. The topological polar surface area (TPSA) is 22.1 Å². The molecule has 0 amide bonds. The largest absolute Gasteiger partial charge is 0.377 e. The lowest BCUT2D eigenvalue weighted by Gasteiger charge is -2.03. The molecule has 0 atom stereocenters. The monoisotopic (exact) mass is 247 g/mol. The highest BCUT2D eigenvalue weighted by Gasteiger charge is 1.96. The van der Waals surface area contributed by atoms with Crippen molar-refractivity contribution in [2.24, 2.45) is 0 Å². The van der Waals surface area contributed by atoms with Gasteiger partial charge in [-0.15, -0.1) is 11.3 Å². The maximum Gasteiger partial charge on any atom is 0.0924 e. The number of hydrogen-bond acceptors (Lipinski definition) is 3. The first-order chi connectivity index (χ1) is 8.45. The predicted molar refractivity (Wildman–Crippen MR) is 71.2 cm³/mol. The summed E-state index contributed by atoms with van der Waals surface area (Å²) in [6.07, 6.45) is 5.20. The number of rotatable bonds is 7. The van der Waals surface area contributed by atoms with Crippen LogP contribution in [0.3, 0.4) is 0 Å². The highest BCUT2D eigenvalue weighted by atomic mass is 32.1. The van der Waals surface area contributed by atoms with Crippen molar-refractivity contribution in [3.8, 4) is 0 Å². The first-order valence-corrected chi connectivity index (χ1v) is 6.83. The van der Waals surface area contributed by atoms with Crippen LogP contribution in [0.2, 0.25) is 0 Å². The van der Waals surface area contributed by atoms with Crippen LogP contribution in [0.15, 0.2) is 41.9 Å². The molecule has 0 saturated heterocycles. The highest BCUT2D eigenvalue weighted by molar-refractivity contribution is 7.09. The molecule has 1 aromatic carbocycles. The second-order valence-corrected chi connectivity index (χ2v) is 4.90. The third kappa shape index (κ3) is 4.67. The van der Waals surface area contributed by atoms with Gasteiger partial charge in [-0.2, -0.15) is 0 Å². The molecule has 0 spiro atoms. The summed E-state index contributed by atoms with van der Waals surface area (Å²) in [5.41, 5.74) is 1.24. The second kappa shape index (κ2) is 7.20. The Balaban J connectivity index is 1.52. The van der Waals surface area contributed by atoms with Gasteiger partial charge in [-0.05, 0) is 24.8 Å². The third-order valence-corrected chi connectivity index (χ3v) is 3.36. The van der Waals surface area contributed by atoms with Gasteiger partial charge in [0.05, 0.1) is 11.6 Å². The zero-order chi connectivity index (χ0) is 11.8. The van der Waals surface area contributed by atoms with Crippen molar-refractivity contribution in [1.82, 2.24) is 4.98 Å². The van der Waals surface area contributed by atoms with Crippen LogP contribution in [-0.2, 0) is 17.8 Å². The molecule has 17 heavy (non-hydrogen) atoms. The Bertz CT molecular complexity index is 399. The number of unbranched alkanes of at least 4 members (excludes halogenated alkanes) is 1. The predicted octanol–water partition coefficient (Wildman–Crippen LogP) is 3.68. The molecule has 3 heteroatoms. The molecule has 0 aliphatic heterocycles. The van der Waals surface area contributed by atoms with Gasteiger partial charge in [0.25, 0.3) is 0 Å². The number of benzene rings is 1. The zero-order valence-electron chi connectivity index (χ0n) is 9.84. The zero-order valence-corrected chi connectivity index (χ0v) is 10.7. The van der Waals surface area contributed by atoms with E-state index in [0.717, 1.165) is 32.5 Å². The number of aryl methyl sites for hydroxylation is 1. The van der Waals surface area contributed by atoms with E-state index in [0.29, 0.717) is 0 Å². The van der Waals surface area contributed by atoms with E-state index in [1.54, 1.807) is 11.3 Å². The van der Waals surface area contributed by atoms with Gasteiger partial charge in [-0.25, -0.2) is 4.98 Å². The van der Waals surface area contributed by atoms with Gasteiger partial charge < -0.3 is 4.74 Å². The Morgan fingerprint density at radius 3 is 2.76 bits per heavy atom. The van der Waals surface area contributed by atoms with Crippen molar-refractivity contribution in [2.45, 2.75) is 25.9 Å². The van der Waals surface area contributed by atoms with E-state index in [2.05, 4.69) is 17.1 Å². The smallest absolute Gasteiger partial charge is 0.0924 e. The van der Waals surface area contributed by atoms with E-state index in [1.807, 2.05) is 29.8 Å². The molecule has 0 fully saturated rings. The molecule has 0 N–H and O–H groups in total. The molecule has 2 rings (SSSR count). The second-order valence-electron chi connectivity index (χ2n) is 3.92.